The van der Waals surface area contributed by atoms with E-state index in [1.54, 1.807) is 6.07 Å². The highest BCUT2D eigenvalue weighted by molar-refractivity contribution is 5.51. The Morgan fingerprint density at radius 1 is 1.47 bits per heavy atom. The fraction of sp³-hybridized carbons (Fsp3) is 0.571. The number of rotatable bonds is 3. The van der Waals surface area contributed by atoms with Gasteiger partial charge in [0.25, 0.3) is 0 Å². The van der Waals surface area contributed by atoms with Crippen LogP contribution in [-0.4, -0.2) is 18.8 Å². The summed E-state index contributed by atoms with van der Waals surface area (Å²) < 4.78 is 18.8. The van der Waals surface area contributed by atoms with Crippen molar-refractivity contribution >= 4 is 5.69 Å². The van der Waals surface area contributed by atoms with Gasteiger partial charge in [-0.25, -0.2) is 4.39 Å². The van der Waals surface area contributed by atoms with Gasteiger partial charge < -0.3 is 10.1 Å². The summed E-state index contributed by atoms with van der Waals surface area (Å²) in [4.78, 5) is 0. The molecule has 94 valence electrons. The molecule has 0 aromatic heterocycles. The highest BCUT2D eigenvalue weighted by Crippen LogP contribution is 2.23. The van der Waals surface area contributed by atoms with Gasteiger partial charge in [0, 0.05) is 18.3 Å². The Hall–Kier alpha value is -1.09. The molecule has 3 heteroatoms. The predicted molar refractivity (Wildman–Crippen MR) is 67.8 cm³/mol. The molecule has 1 aliphatic rings. The minimum absolute atomic E-state index is 0.183. The van der Waals surface area contributed by atoms with Gasteiger partial charge in [0.15, 0.2) is 0 Å². The molecule has 1 aliphatic heterocycles. The number of ether oxygens (including phenoxy) is 1. The zero-order chi connectivity index (χ0) is 12.3. The molecule has 0 radical (unpaired) electrons. The largest absolute Gasteiger partial charge is 0.382 e. The van der Waals surface area contributed by atoms with Crippen molar-refractivity contribution in [2.45, 2.75) is 45.3 Å². The quantitative estimate of drug-likeness (QED) is 0.868. The smallest absolute Gasteiger partial charge is 0.125 e. The van der Waals surface area contributed by atoms with Crippen LogP contribution in [0.4, 0.5) is 10.1 Å². The van der Waals surface area contributed by atoms with Crippen molar-refractivity contribution in [1.82, 2.24) is 0 Å². The van der Waals surface area contributed by atoms with E-state index in [9.17, 15) is 4.39 Å². The average Bonchev–Trinajstić information content (AvgIpc) is 2.34. The summed E-state index contributed by atoms with van der Waals surface area (Å²) in [6.45, 7) is 4.93. The average molecular weight is 237 g/mol. The Bertz CT molecular complexity index is 380. The van der Waals surface area contributed by atoms with E-state index in [2.05, 4.69) is 12.2 Å². The SMILES string of the molecule is CCC1CC(Nc2cc(F)ccc2C)CCO1. The van der Waals surface area contributed by atoms with Crippen molar-refractivity contribution < 1.29 is 9.13 Å². The topological polar surface area (TPSA) is 21.3 Å². The highest BCUT2D eigenvalue weighted by Gasteiger charge is 2.21. The van der Waals surface area contributed by atoms with Crippen LogP contribution in [0, 0.1) is 12.7 Å². The molecule has 1 fully saturated rings. The van der Waals surface area contributed by atoms with Crippen molar-refractivity contribution in [2.24, 2.45) is 0 Å². The van der Waals surface area contributed by atoms with Crippen LogP contribution in [0.3, 0.4) is 0 Å². The standard InChI is InChI=1S/C14H20FNO/c1-3-13-9-12(6-7-17-13)16-14-8-11(15)5-4-10(14)2/h4-5,8,12-13,16H,3,6-7,9H2,1-2H3. The van der Waals surface area contributed by atoms with Crippen LogP contribution >= 0.6 is 0 Å². The summed E-state index contributed by atoms with van der Waals surface area (Å²) in [6, 6.07) is 5.29. The van der Waals surface area contributed by atoms with Gasteiger partial charge >= 0.3 is 0 Å². The lowest BCUT2D eigenvalue weighted by Gasteiger charge is -2.30. The number of nitrogens with one attached hydrogen (secondary N) is 1. The fourth-order valence-electron chi connectivity index (χ4n) is 2.27. The van der Waals surface area contributed by atoms with Crippen molar-refractivity contribution in [1.29, 1.82) is 0 Å². The van der Waals surface area contributed by atoms with E-state index in [0.29, 0.717) is 12.1 Å². The van der Waals surface area contributed by atoms with Crippen LogP contribution in [0.25, 0.3) is 0 Å². The van der Waals surface area contributed by atoms with Gasteiger partial charge in [-0.3, -0.25) is 0 Å². The van der Waals surface area contributed by atoms with Crippen molar-refractivity contribution in [3.8, 4) is 0 Å². The molecule has 2 rings (SSSR count). The van der Waals surface area contributed by atoms with E-state index in [-0.39, 0.29) is 5.82 Å². The van der Waals surface area contributed by atoms with E-state index in [1.807, 2.05) is 13.0 Å². The summed E-state index contributed by atoms with van der Waals surface area (Å²) in [6.07, 6.45) is 3.38. The van der Waals surface area contributed by atoms with Crippen molar-refractivity contribution in [3.05, 3.63) is 29.6 Å². The zero-order valence-electron chi connectivity index (χ0n) is 10.5. The van der Waals surface area contributed by atoms with Gasteiger partial charge in [-0.2, -0.15) is 0 Å². The third-order valence-corrected chi connectivity index (χ3v) is 3.38. The van der Waals surface area contributed by atoms with Crippen molar-refractivity contribution in [3.63, 3.8) is 0 Å². The Labute approximate surface area is 102 Å². The van der Waals surface area contributed by atoms with Gasteiger partial charge in [-0.15, -0.1) is 0 Å². The minimum atomic E-state index is -0.183. The van der Waals surface area contributed by atoms with Gasteiger partial charge in [0.05, 0.1) is 6.10 Å². The molecule has 1 saturated heterocycles. The maximum absolute atomic E-state index is 13.2. The Morgan fingerprint density at radius 3 is 3.06 bits per heavy atom. The molecule has 0 aliphatic carbocycles. The van der Waals surface area contributed by atoms with Crippen LogP contribution in [0.1, 0.15) is 31.7 Å². The number of benzene rings is 1. The molecule has 2 atom stereocenters. The molecule has 2 nitrogen and oxygen atoms in total. The molecule has 1 heterocycles. The summed E-state index contributed by atoms with van der Waals surface area (Å²) in [7, 11) is 0. The van der Waals surface area contributed by atoms with E-state index >= 15 is 0 Å². The van der Waals surface area contributed by atoms with E-state index in [4.69, 9.17) is 4.74 Å². The van der Waals surface area contributed by atoms with Crippen LogP contribution in [0.15, 0.2) is 18.2 Å². The number of anilines is 1. The first-order valence-electron chi connectivity index (χ1n) is 6.33. The molecule has 0 bridgehead atoms. The summed E-state index contributed by atoms with van der Waals surface area (Å²) in [5.74, 6) is -0.183. The van der Waals surface area contributed by atoms with Gasteiger partial charge in [-0.1, -0.05) is 13.0 Å². The fourth-order valence-corrected chi connectivity index (χ4v) is 2.27. The Balaban J connectivity index is 2.02. The van der Waals surface area contributed by atoms with Crippen LogP contribution < -0.4 is 5.32 Å². The van der Waals surface area contributed by atoms with E-state index in [0.717, 1.165) is 37.1 Å². The maximum atomic E-state index is 13.2. The van der Waals surface area contributed by atoms with Gasteiger partial charge in [0.1, 0.15) is 5.82 Å². The first-order chi connectivity index (χ1) is 8.19. The van der Waals surface area contributed by atoms with Crippen LogP contribution in [0.5, 0.6) is 0 Å². The molecule has 17 heavy (non-hydrogen) atoms. The Kier molecular flexibility index (Phi) is 4.00. The second-order valence-electron chi connectivity index (χ2n) is 4.73. The monoisotopic (exact) mass is 237 g/mol. The normalized spacial score (nSPS) is 24.6. The Morgan fingerprint density at radius 2 is 2.29 bits per heavy atom. The maximum Gasteiger partial charge on any atom is 0.125 e. The first kappa shape index (κ1) is 12.4. The molecule has 0 saturated carbocycles. The molecular weight excluding hydrogens is 217 g/mol. The minimum Gasteiger partial charge on any atom is -0.382 e. The number of aryl methyl sites for hydroxylation is 1. The lowest BCUT2D eigenvalue weighted by atomic mass is 10.0. The summed E-state index contributed by atoms with van der Waals surface area (Å²) in [5.41, 5.74) is 2.00. The first-order valence-corrected chi connectivity index (χ1v) is 6.33. The summed E-state index contributed by atoms with van der Waals surface area (Å²) in [5, 5.41) is 3.43. The van der Waals surface area contributed by atoms with E-state index in [1.165, 1.54) is 6.07 Å². The number of hydrogen-bond acceptors (Lipinski definition) is 2. The van der Waals surface area contributed by atoms with E-state index < -0.39 is 0 Å². The third kappa shape index (κ3) is 3.19. The predicted octanol–water partition coefficient (Wildman–Crippen LogP) is 3.50. The van der Waals surface area contributed by atoms with Gasteiger partial charge in [-0.05, 0) is 43.9 Å². The van der Waals surface area contributed by atoms with Gasteiger partial charge in [0.2, 0.25) is 0 Å². The number of halogens is 1. The van der Waals surface area contributed by atoms with Crippen LogP contribution in [-0.2, 0) is 4.74 Å². The number of hydrogen-bond donors (Lipinski definition) is 1. The third-order valence-electron chi connectivity index (χ3n) is 3.38. The lowest BCUT2D eigenvalue weighted by molar-refractivity contribution is 0.00924. The molecule has 1 aromatic rings. The molecular formula is C14H20FNO. The lowest BCUT2D eigenvalue weighted by Crippen LogP contribution is -2.33. The second-order valence-corrected chi connectivity index (χ2v) is 4.73. The second kappa shape index (κ2) is 5.50. The molecule has 1 N–H and O–H groups in total. The molecule has 0 amide bonds. The highest BCUT2D eigenvalue weighted by atomic mass is 19.1. The van der Waals surface area contributed by atoms with Crippen molar-refractivity contribution in [2.75, 3.05) is 11.9 Å². The summed E-state index contributed by atoms with van der Waals surface area (Å²) >= 11 is 0. The molecule has 1 aromatic carbocycles. The van der Waals surface area contributed by atoms with Crippen LogP contribution in [0.2, 0.25) is 0 Å². The molecule has 2 unspecified atom stereocenters. The zero-order valence-corrected chi connectivity index (χ0v) is 10.5. The molecule has 0 spiro atoms.